The van der Waals surface area contributed by atoms with E-state index >= 15 is 0 Å². The van der Waals surface area contributed by atoms with Gasteiger partial charge in [-0.2, -0.15) is 0 Å². The first-order valence-electron chi connectivity index (χ1n) is 10.8. The van der Waals surface area contributed by atoms with Crippen molar-refractivity contribution in [2.24, 2.45) is 35.5 Å². The number of hydrogen-bond acceptors (Lipinski definition) is 0. The molecule has 0 aromatic heterocycles. The van der Waals surface area contributed by atoms with E-state index in [1.807, 2.05) is 0 Å². The fourth-order valence-electron chi connectivity index (χ4n) is 6.29. The van der Waals surface area contributed by atoms with Crippen molar-refractivity contribution in [2.75, 3.05) is 0 Å². The Balaban J connectivity index is 1.61. The van der Waals surface area contributed by atoms with Gasteiger partial charge in [-0.3, -0.25) is 0 Å². The first kappa shape index (κ1) is 16.8. The Labute approximate surface area is 139 Å². The summed E-state index contributed by atoms with van der Waals surface area (Å²) in [5, 5.41) is 0. The lowest BCUT2D eigenvalue weighted by atomic mass is 9.65. The second-order valence-corrected chi connectivity index (χ2v) is 9.24. The van der Waals surface area contributed by atoms with Crippen LogP contribution in [-0.2, 0) is 0 Å². The van der Waals surface area contributed by atoms with Crippen LogP contribution in [0.3, 0.4) is 0 Å². The standard InChI is InChI=1S/C22H40/c1-3-5-17(6-4-2)14-20-15-19-8-7-18(13-19)9-10-21-11-12-22(21)16-20/h17-22H,3-16H2,1-2H3. The van der Waals surface area contributed by atoms with Crippen molar-refractivity contribution in [3.8, 4) is 0 Å². The molecule has 0 saturated heterocycles. The van der Waals surface area contributed by atoms with Gasteiger partial charge in [0.25, 0.3) is 0 Å². The van der Waals surface area contributed by atoms with E-state index in [9.17, 15) is 0 Å². The predicted octanol–water partition coefficient (Wildman–Crippen LogP) is 7.23. The van der Waals surface area contributed by atoms with Crippen molar-refractivity contribution in [2.45, 2.75) is 104 Å². The van der Waals surface area contributed by atoms with E-state index in [0.29, 0.717) is 0 Å². The van der Waals surface area contributed by atoms with Gasteiger partial charge >= 0.3 is 0 Å². The summed E-state index contributed by atoms with van der Waals surface area (Å²) >= 11 is 0. The molecule has 0 heterocycles. The minimum atomic E-state index is 1.04. The molecule has 128 valence electrons. The summed E-state index contributed by atoms with van der Waals surface area (Å²) < 4.78 is 0. The van der Waals surface area contributed by atoms with E-state index < -0.39 is 0 Å². The summed E-state index contributed by atoms with van der Waals surface area (Å²) in [7, 11) is 0. The summed E-state index contributed by atoms with van der Waals surface area (Å²) in [6, 6.07) is 0. The molecule has 5 unspecified atom stereocenters. The minimum absolute atomic E-state index is 1.04. The summed E-state index contributed by atoms with van der Waals surface area (Å²) in [4.78, 5) is 0. The zero-order valence-electron chi connectivity index (χ0n) is 15.4. The van der Waals surface area contributed by atoms with Crippen LogP contribution in [-0.4, -0.2) is 0 Å². The van der Waals surface area contributed by atoms with Crippen LogP contribution in [0.25, 0.3) is 0 Å². The Kier molecular flexibility index (Phi) is 6.28. The SMILES string of the molecule is CCCC(CCC)CC1CC2CCC(CCC3CCC3C1)C2. The van der Waals surface area contributed by atoms with Crippen LogP contribution < -0.4 is 0 Å². The average Bonchev–Trinajstić information content (AvgIpc) is 2.90. The fourth-order valence-corrected chi connectivity index (χ4v) is 6.29. The van der Waals surface area contributed by atoms with E-state index in [1.54, 1.807) is 64.2 Å². The van der Waals surface area contributed by atoms with Crippen molar-refractivity contribution < 1.29 is 0 Å². The van der Waals surface area contributed by atoms with E-state index in [2.05, 4.69) is 13.8 Å². The molecule has 0 amide bonds. The Hall–Kier alpha value is 0. The topological polar surface area (TPSA) is 0 Å². The molecule has 0 nitrogen and oxygen atoms in total. The highest BCUT2D eigenvalue weighted by Gasteiger charge is 2.37. The molecular formula is C22H40. The molecule has 3 saturated carbocycles. The van der Waals surface area contributed by atoms with E-state index in [-0.39, 0.29) is 0 Å². The Morgan fingerprint density at radius 3 is 2.00 bits per heavy atom. The third-order valence-electron chi connectivity index (χ3n) is 7.53. The Morgan fingerprint density at radius 1 is 0.682 bits per heavy atom. The smallest absolute Gasteiger partial charge is 0.0383 e. The van der Waals surface area contributed by atoms with Gasteiger partial charge in [0.1, 0.15) is 0 Å². The summed E-state index contributed by atoms with van der Waals surface area (Å²) in [5.41, 5.74) is 0. The monoisotopic (exact) mass is 304 g/mol. The van der Waals surface area contributed by atoms with Crippen LogP contribution in [0, 0.1) is 35.5 Å². The minimum Gasteiger partial charge on any atom is -0.0654 e. The van der Waals surface area contributed by atoms with E-state index in [0.717, 1.165) is 35.5 Å². The van der Waals surface area contributed by atoms with Gasteiger partial charge in [-0.15, -0.1) is 0 Å². The lowest BCUT2D eigenvalue weighted by Crippen LogP contribution is -2.30. The molecule has 0 heteroatoms. The Bertz CT molecular complexity index is 312. The normalized spacial score (nSPS) is 38.6. The van der Waals surface area contributed by atoms with E-state index in [4.69, 9.17) is 0 Å². The maximum atomic E-state index is 2.39. The lowest BCUT2D eigenvalue weighted by molar-refractivity contribution is 0.101. The largest absolute Gasteiger partial charge is 0.0654 e. The van der Waals surface area contributed by atoms with Crippen LogP contribution in [0.1, 0.15) is 104 Å². The quantitative estimate of drug-likeness (QED) is 0.485. The van der Waals surface area contributed by atoms with Crippen molar-refractivity contribution in [1.82, 2.24) is 0 Å². The first-order chi connectivity index (χ1) is 10.8. The Morgan fingerprint density at radius 2 is 1.32 bits per heavy atom. The van der Waals surface area contributed by atoms with Crippen LogP contribution in [0.4, 0.5) is 0 Å². The molecule has 3 aliphatic rings. The van der Waals surface area contributed by atoms with Gasteiger partial charge < -0.3 is 0 Å². The molecule has 22 heavy (non-hydrogen) atoms. The average molecular weight is 305 g/mol. The van der Waals surface area contributed by atoms with Gasteiger partial charge in [-0.1, -0.05) is 58.8 Å². The molecule has 0 spiro atoms. The molecule has 2 bridgehead atoms. The molecule has 3 aliphatic carbocycles. The van der Waals surface area contributed by atoms with Gasteiger partial charge in [0.05, 0.1) is 0 Å². The van der Waals surface area contributed by atoms with Crippen molar-refractivity contribution in [3.63, 3.8) is 0 Å². The molecular weight excluding hydrogens is 264 g/mol. The van der Waals surface area contributed by atoms with Crippen LogP contribution in [0.5, 0.6) is 0 Å². The number of rotatable bonds is 6. The van der Waals surface area contributed by atoms with Crippen LogP contribution >= 0.6 is 0 Å². The molecule has 3 fully saturated rings. The maximum Gasteiger partial charge on any atom is -0.0383 e. The van der Waals surface area contributed by atoms with Gasteiger partial charge in [-0.25, -0.2) is 0 Å². The highest BCUT2D eigenvalue weighted by molar-refractivity contribution is 4.88. The molecule has 0 aromatic rings. The highest BCUT2D eigenvalue weighted by atomic mass is 14.4. The van der Waals surface area contributed by atoms with Crippen molar-refractivity contribution in [3.05, 3.63) is 0 Å². The van der Waals surface area contributed by atoms with Crippen molar-refractivity contribution >= 4 is 0 Å². The van der Waals surface area contributed by atoms with Gasteiger partial charge in [0, 0.05) is 0 Å². The zero-order valence-corrected chi connectivity index (χ0v) is 15.4. The van der Waals surface area contributed by atoms with Gasteiger partial charge in [0.15, 0.2) is 0 Å². The number of hydrogen-bond donors (Lipinski definition) is 0. The predicted molar refractivity (Wildman–Crippen MR) is 96.9 cm³/mol. The lowest BCUT2D eigenvalue weighted by Gasteiger charge is -2.41. The maximum absolute atomic E-state index is 2.39. The van der Waals surface area contributed by atoms with Crippen molar-refractivity contribution in [1.29, 1.82) is 0 Å². The highest BCUT2D eigenvalue weighted by Crippen LogP contribution is 2.49. The zero-order chi connectivity index (χ0) is 15.4. The van der Waals surface area contributed by atoms with Crippen LogP contribution in [0.2, 0.25) is 0 Å². The third kappa shape index (κ3) is 4.30. The van der Waals surface area contributed by atoms with Gasteiger partial charge in [0.2, 0.25) is 0 Å². The molecule has 0 N–H and O–H groups in total. The van der Waals surface area contributed by atoms with Crippen LogP contribution in [0.15, 0.2) is 0 Å². The summed E-state index contributed by atoms with van der Waals surface area (Å²) in [6.07, 6.45) is 21.6. The third-order valence-corrected chi connectivity index (χ3v) is 7.53. The molecule has 5 atom stereocenters. The molecule has 0 aromatic carbocycles. The first-order valence-corrected chi connectivity index (χ1v) is 10.8. The molecule has 3 rings (SSSR count). The molecule has 0 aliphatic heterocycles. The molecule has 0 radical (unpaired) electrons. The van der Waals surface area contributed by atoms with E-state index in [1.165, 1.54) is 25.7 Å². The van der Waals surface area contributed by atoms with Gasteiger partial charge in [-0.05, 0) is 80.5 Å². The second kappa shape index (κ2) is 8.20. The fraction of sp³-hybridized carbons (Fsp3) is 1.00. The number of fused-ring (bicyclic) bond motifs is 3. The second-order valence-electron chi connectivity index (χ2n) is 9.24. The summed E-state index contributed by atoms with van der Waals surface area (Å²) in [6.45, 7) is 4.78. The summed E-state index contributed by atoms with van der Waals surface area (Å²) in [5.74, 6) is 6.61.